The Hall–Kier alpha value is -2.11. The number of rotatable bonds is 2. The molecule has 2 aromatic carbocycles. The molecule has 0 aliphatic rings. The molecule has 3 rings (SSSR count). The van der Waals surface area contributed by atoms with Crippen LogP contribution >= 0.6 is 0 Å². The van der Waals surface area contributed by atoms with Gasteiger partial charge in [0.15, 0.2) is 0 Å². The molecule has 0 fully saturated rings. The first-order valence-electron chi connectivity index (χ1n) is 6.08. The van der Waals surface area contributed by atoms with Gasteiger partial charge in [-0.1, -0.05) is 30.3 Å². The van der Waals surface area contributed by atoms with Crippen molar-refractivity contribution in [2.24, 2.45) is 0 Å². The van der Waals surface area contributed by atoms with Gasteiger partial charge in [-0.05, 0) is 30.7 Å². The van der Waals surface area contributed by atoms with Gasteiger partial charge in [-0.2, -0.15) is 0 Å². The van der Waals surface area contributed by atoms with E-state index in [9.17, 15) is 10.0 Å². The van der Waals surface area contributed by atoms with Crippen LogP contribution in [0.15, 0.2) is 48.5 Å². The van der Waals surface area contributed by atoms with Gasteiger partial charge in [-0.15, -0.1) is 0 Å². The molecule has 1 aromatic heterocycles. The summed E-state index contributed by atoms with van der Waals surface area (Å²) in [4.78, 5) is 4.31. The van der Waals surface area contributed by atoms with Crippen molar-refractivity contribution in [3.63, 3.8) is 0 Å². The van der Waals surface area contributed by atoms with Gasteiger partial charge in [0.1, 0.15) is 5.72 Å². The fraction of sp³-hybridized carbons (Fsp3) is 0.0714. The fourth-order valence-electron chi connectivity index (χ4n) is 2.32. The van der Waals surface area contributed by atoms with Crippen LogP contribution in [0.25, 0.3) is 16.7 Å². The SMILES string of the molecule is Cc1cccc2nc(B(O)O)n(-c3ccccc3)c12. The van der Waals surface area contributed by atoms with Gasteiger partial charge in [-0.3, -0.25) is 4.57 Å². The maximum Gasteiger partial charge on any atom is 0.526 e. The van der Waals surface area contributed by atoms with Crippen LogP contribution in [-0.2, 0) is 0 Å². The third-order valence-electron chi connectivity index (χ3n) is 3.15. The molecule has 94 valence electrons. The summed E-state index contributed by atoms with van der Waals surface area (Å²) in [6, 6.07) is 15.3. The average Bonchev–Trinajstić information content (AvgIpc) is 2.81. The number of nitrogens with zero attached hydrogens (tertiary/aromatic N) is 2. The molecule has 5 heteroatoms. The Morgan fingerprint density at radius 2 is 1.74 bits per heavy atom. The Labute approximate surface area is 111 Å². The lowest BCUT2D eigenvalue weighted by Gasteiger charge is -2.09. The van der Waals surface area contributed by atoms with Crippen LogP contribution in [0.5, 0.6) is 0 Å². The molecular weight excluding hydrogens is 239 g/mol. The fourth-order valence-corrected chi connectivity index (χ4v) is 2.32. The number of aromatic nitrogens is 2. The summed E-state index contributed by atoms with van der Waals surface area (Å²) in [6.45, 7) is 1.98. The van der Waals surface area contributed by atoms with E-state index in [4.69, 9.17) is 0 Å². The monoisotopic (exact) mass is 252 g/mol. The largest absolute Gasteiger partial charge is 0.526 e. The van der Waals surface area contributed by atoms with E-state index in [0.717, 1.165) is 22.3 Å². The number of benzene rings is 2. The van der Waals surface area contributed by atoms with E-state index in [1.807, 2.05) is 55.5 Å². The second-order valence-electron chi connectivity index (χ2n) is 4.46. The quantitative estimate of drug-likeness (QED) is 0.669. The normalized spacial score (nSPS) is 10.9. The molecule has 0 bridgehead atoms. The van der Waals surface area contributed by atoms with Crippen molar-refractivity contribution in [1.82, 2.24) is 9.55 Å². The van der Waals surface area contributed by atoms with Gasteiger partial charge in [0, 0.05) is 5.69 Å². The molecule has 0 saturated carbocycles. The van der Waals surface area contributed by atoms with Crippen molar-refractivity contribution in [3.05, 3.63) is 54.1 Å². The van der Waals surface area contributed by atoms with E-state index in [2.05, 4.69) is 4.98 Å². The van der Waals surface area contributed by atoms with Gasteiger partial charge >= 0.3 is 7.12 Å². The van der Waals surface area contributed by atoms with Crippen molar-refractivity contribution in [1.29, 1.82) is 0 Å². The Bertz CT molecular complexity index is 723. The highest BCUT2D eigenvalue weighted by molar-refractivity contribution is 6.57. The number of aryl methyl sites for hydroxylation is 1. The van der Waals surface area contributed by atoms with Gasteiger partial charge in [-0.25, -0.2) is 4.98 Å². The molecule has 1 heterocycles. The maximum atomic E-state index is 9.53. The van der Waals surface area contributed by atoms with Crippen LogP contribution in [0.2, 0.25) is 0 Å². The molecule has 0 radical (unpaired) electrons. The first kappa shape index (κ1) is 12.0. The van der Waals surface area contributed by atoms with Gasteiger partial charge < -0.3 is 10.0 Å². The number of para-hydroxylation sites is 2. The Morgan fingerprint density at radius 3 is 2.42 bits per heavy atom. The van der Waals surface area contributed by atoms with Crippen LogP contribution in [-0.4, -0.2) is 26.7 Å². The number of imidazole rings is 1. The summed E-state index contributed by atoms with van der Waals surface area (Å²) < 4.78 is 1.79. The molecule has 0 saturated heterocycles. The zero-order chi connectivity index (χ0) is 13.4. The zero-order valence-electron chi connectivity index (χ0n) is 10.5. The van der Waals surface area contributed by atoms with E-state index >= 15 is 0 Å². The van der Waals surface area contributed by atoms with E-state index < -0.39 is 7.12 Å². The second kappa shape index (κ2) is 4.53. The molecule has 4 nitrogen and oxygen atoms in total. The summed E-state index contributed by atoms with van der Waals surface area (Å²) >= 11 is 0. The minimum absolute atomic E-state index is 0.232. The minimum atomic E-state index is -1.60. The lowest BCUT2D eigenvalue weighted by Crippen LogP contribution is -2.37. The first-order valence-corrected chi connectivity index (χ1v) is 6.08. The third kappa shape index (κ3) is 1.93. The smallest absolute Gasteiger partial charge is 0.421 e. The second-order valence-corrected chi connectivity index (χ2v) is 4.46. The predicted molar refractivity (Wildman–Crippen MR) is 75.6 cm³/mol. The highest BCUT2D eigenvalue weighted by Gasteiger charge is 2.23. The summed E-state index contributed by atoms with van der Waals surface area (Å²) in [5.41, 5.74) is 3.79. The molecule has 0 amide bonds. The van der Waals surface area contributed by atoms with Gasteiger partial charge in [0.2, 0.25) is 0 Å². The molecule has 0 atom stereocenters. The lowest BCUT2D eigenvalue weighted by molar-refractivity contribution is 0.422. The van der Waals surface area contributed by atoms with Crippen molar-refractivity contribution in [2.75, 3.05) is 0 Å². The third-order valence-corrected chi connectivity index (χ3v) is 3.15. The molecule has 0 unspecified atom stereocenters. The topological polar surface area (TPSA) is 58.3 Å². The molecule has 2 N–H and O–H groups in total. The Morgan fingerprint density at radius 1 is 1.00 bits per heavy atom. The Kier molecular flexibility index (Phi) is 2.85. The van der Waals surface area contributed by atoms with Crippen LogP contribution in [0.4, 0.5) is 0 Å². The van der Waals surface area contributed by atoms with Crippen LogP contribution in [0, 0.1) is 6.92 Å². The predicted octanol–water partition coefficient (Wildman–Crippen LogP) is 1.01. The highest BCUT2D eigenvalue weighted by atomic mass is 16.4. The molecular formula is C14H13BN2O2. The average molecular weight is 252 g/mol. The lowest BCUT2D eigenvalue weighted by atomic mass is 9.90. The van der Waals surface area contributed by atoms with Crippen LogP contribution < -0.4 is 5.72 Å². The van der Waals surface area contributed by atoms with E-state index in [1.54, 1.807) is 4.57 Å². The summed E-state index contributed by atoms with van der Waals surface area (Å²) in [6.07, 6.45) is 0. The Balaban J connectivity index is 2.40. The van der Waals surface area contributed by atoms with Crippen LogP contribution in [0.1, 0.15) is 5.56 Å². The minimum Gasteiger partial charge on any atom is -0.421 e. The molecule has 0 spiro atoms. The zero-order valence-corrected chi connectivity index (χ0v) is 10.5. The number of hydrogen-bond donors (Lipinski definition) is 2. The number of hydrogen-bond acceptors (Lipinski definition) is 3. The summed E-state index contributed by atoms with van der Waals surface area (Å²) in [5.74, 6) is 0. The van der Waals surface area contributed by atoms with Crippen molar-refractivity contribution < 1.29 is 10.0 Å². The molecule has 19 heavy (non-hydrogen) atoms. The summed E-state index contributed by atoms with van der Waals surface area (Å²) in [5, 5.41) is 19.1. The van der Waals surface area contributed by atoms with Crippen molar-refractivity contribution in [2.45, 2.75) is 6.92 Å². The van der Waals surface area contributed by atoms with E-state index in [0.29, 0.717) is 0 Å². The van der Waals surface area contributed by atoms with E-state index in [1.165, 1.54) is 0 Å². The highest BCUT2D eigenvalue weighted by Crippen LogP contribution is 2.20. The van der Waals surface area contributed by atoms with Crippen molar-refractivity contribution in [3.8, 4) is 5.69 Å². The van der Waals surface area contributed by atoms with Crippen LogP contribution in [0.3, 0.4) is 0 Å². The standard InChI is InChI=1S/C14H13BN2O2/c1-10-6-5-9-12-13(10)17(14(16-12)15(18)19)11-7-3-2-4-8-11/h2-9,18-19H,1H3. The van der Waals surface area contributed by atoms with Gasteiger partial charge in [0.05, 0.1) is 11.0 Å². The maximum absolute atomic E-state index is 9.53. The first-order chi connectivity index (χ1) is 9.18. The number of fused-ring (bicyclic) bond motifs is 1. The van der Waals surface area contributed by atoms with E-state index in [-0.39, 0.29) is 5.72 Å². The van der Waals surface area contributed by atoms with Crippen molar-refractivity contribution >= 4 is 23.9 Å². The molecule has 0 aliphatic carbocycles. The molecule has 0 aliphatic heterocycles. The summed E-state index contributed by atoms with van der Waals surface area (Å²) in [7, 11) is -1.60. The van der Waals surface area contributed by atoms with Gasteiger partial charge in [0.25, 0.3) is 0 Å². The molecule has 3 aromatic rings.